The number of rotatable bonds is 5. The Bertz CT molecular complexity index is 1120. The molecule has 2 heterocycles. The number of hydrogen-bond donors (Lipinski definition) is 2. The zero-order valence-electron chi connectivity index (χ0n) is 15.6. The molecule has 10 heteroatoms. The summed E-state index contributed by atoms with van der Waals surface area (Å²) in [5.74, 6) is -3.27. The van der Waals surface area contributed by atoms with Gasteiger partial charge in [-0.15, -0.1) is 0 Å². The Labute approximate surface area is 164 Å². The van der Waals surface area contributed by atoms with Crippen LogP contribution in [0.25, 0.3) is 5.69 Å². The van der Waals surface area contributed by atoms with Gasteiger partial charge in [-0.2, -0.15) is 0 Å². The fraction of sp³-hybridized carbons (Fsp3) is 0.211. The highest BCUT2D eigenvalue weighted by Gasteiger charge is 2.32. The summed E-state index contributed by atoms with van der Waals surface area (Å²) in [6, 6.07) is 4.84. The van der Waals surface area contributed by atoms with Crippen LogP contribution in [0.2, 0.25) is 0 Å². The molecule has 0 unspecified atom stereocenters. The van der Waals surface area contributed by atoms with Crippen LogP contribution in [0.15, 0.2) is 29.1 Å². The number of carbonyl (C=O) groups is 4. The lowest BCUT2D eigenvalue weighted by atomic mass is 10.1. The zero-order valence-corrected chi connectivity index (χ0v) is 15.6. The summed E-state index contributed by atoms with van der Waals surface area (Å²) < 4.78 is 10.9. The maximum Gasteiger partial charge on any atom is 0.340 e. The smallest absolute Gasteiger partial charge is 0.340 e. The van der Waals surface area contributed by atoms with Crippen LogP contribution in [-0.4, -0.2) is 41.5 Å². The number of hydrogen-bond acceptors (Lipinski definition) is 8. The zero-order chi connectivity index (χ0) is 21.3. The molecule has 1 aromatic carbocycles. The fourth-order valence-corrected chi connectivity index (χ4v) is 2.97. The van der Waals surface area contributed by atoms with Gasteiger partial charge in [-0.3, -0.25) is 24.3 Å². The van der Waals surface area contributed by atoms with Crippen LogP contribution in [0.1, 0.15) is 55.3 Å². The number of nitrogens with two attached hydrogens (primary N) is 1. The molecule has 3 rings (SSSR count). The van der Waals surface area contributed by atoms with Crippen molar-refractivity contribution in [3.8, 4) is 5.69 Å². The van der Waals surface area contributed by atoms with Crippen molar-refractivity contribution in [2.45, 2.75) is 13.8 Å². The van der Waals surface area contributed by atoms with Gasteiger partial charge in [0, 0.05) is 6.07 Å². The summed E-state index contributed by atoms with van der Waals surface area (Å²) in [4.78, 5) is 61.0. The number of amides is 2. The van der Waals surface area contributed by atoms with E-state index in [0.29, 0.717) is 0 Å². The quantitative estimate of drug-likeness (QED) is 0.550. The number of nitrogens with one attached hydrogen (secondary N) is 1. The number of fused-ring (bicyclic) bond motifs is 1. The summed E-state index contributed by atoms with van der Waals surface area (Å²) >= 11 is 0. The lowest BCUT2D eigenvalue weighted by molar-refractivity contribution is 0.0524. The molecule has 0 saturated heterocycles. The Morgan fingerprint density at radius 3 is 2.31 bits per heavy atom. The molecule has 0 fully saturated rings. The van der Waals surface area contributed by atoms with Gasteiger partial charge in [0.25, 0.3) is 17.4 Å². The van der Waals surface area contributed by atoms with Crippen LogP contribution in [0, 0.1) is 0 Å². The molecule has 0 aliphatic carbocycles. The monoisotopic (exact) mass is 399 g/mol. The standard InChI is InChI=1S/C19H17N3O7/c1-3-28-18(26)9-5-6-12(10(7-9)19(27)29-4-2)22-13(23)8-11-14(15(22)20)17(25)21-16(11)24/h5-8H,3-4,20H2,1-2H3,(H,21,24,25). The average molecular weight is 399 g/mol. The lowest BCUT2D eigenvalue weighted by Gasteiger charge is -2.16. The van der Waals surface area contributed by atoms with Crippen molar-refractivity contribution >= 4 is 29.6 Å². The molecule has 2 amide bonds. The maximum absolute atomic E-state index is 12.7. The van der Waals surface area contributed by atoms with Crippen molar-refractivity contribution in [1.82, 2.24) is 9.88 Å². The van der Waals surface area contributed by atoms with E-state index in [1.165, 1.54) is 18.2 Å². The van der Waals surface area contributed by atoms with Crippen LogP contribution in [0.3, 0.4) is 0 Å². The molecular formula is C19H17N3O7. The van der Waals surface area contributed by atoms with E-state index in [-0.39, 0.29) is 47.0 Å². The van der Waals surface area contributed by atoms with Crippen molar-refractivity contribution < 1.29 is 28.7 Å². The first-order valence-corrected chi connectivity index (χ1v) is 8.70. The number of nitrogens with zero attached hydrogens (tertiary/aromatic N) is 1. The Morgan fingerprint density at radius 2 is 1.66 bits per heavy atom. The minimum atomic E-state index is -0.805. The minimum Gasteiger partial charge on any atom is -0.462 e. The van der Waals surface area contributed by atoms with E-state index in [0.717, 1.165) is 10.6 Å². The first kappa shape index (κ1) is 19.8. The third-order valence-corrected chi connectivity index (χ3v) is 4.20. The molecule has 0 atom stereocenters. The fourth-order valence-electron chi connectivity index (χ4n) is 2.97. The van der Waals surface area contributed by atoms with Gasteiger partial charge < -0.3 is 15.2 Å². The highest BCUT2D eigenvalue weighted by atomic mass is 16.5. The minimum absolute atomic E-state index is 0.00560. The topological polar surface area (TPSA) is 147 Å². The number of imide groups is 1. The Morgan fingerprint density at radius 1 is 1.00 bits per heavy atom. The predicted octanol–water partition coefficient (Wildman–Crippen LogP) is 0.657. The number of esters is 2. The van der Waals surface area contributed by atoms with Crippen LogP contribution in [0.4, 0.5) is 5.82 Å². The second-order valence-electron chi connectivity index (χ2n) is 5.95. The summed E-state index contributed by atoms with van der Waals surface area (Å²) in [6.07, 6.45) is 0. The SMILES string of the molecule is CCOC(=O)c1ccc(-n2c(N)c3c(cc2=O)C(=O)NC3=O)c(C(=O)OCC)c1. The predicted molar refractivity (Wildman–Crippen MR) is 100 cm³/mol. The largest absolute Gasteiger partial charge is 0.462 e. The molecule has 0 saturated carbocycles. The number of carbonyl (C=O) groups excluding carboxylic acids is 4. The van der Waals surface area contributed by atoms with Crippen molar-refractivity contribution in [3.63, 3.8) is 0 Å². The van der Waals surface area contributed by atoms with E-state index in [1.54, 1.807) is 13.8 Å². The van der Waals surface area contributed by atoms with E-state index in [4.69, 9.17) is 15.2 Å². The highest BCUT2D eigenvalue weighted by molar-refractivity contribution is 6.23. The second kappa shape index (κ2) is 7.58. The second-order valence-corrected chi connectivity index (χ2v) is 5.95. The summed E-state index contributed by atoms with van der Waals surface area (Å²) in [6.45, 7) is 3.41. The van der Waals surface area contributed by atoms with Gasteiger partial charge in [0.2, 0.25) is 0 Å². The molecule has 2 aromatic rings. The third kappa shape index (κ3) is 3.35. The summed E-state index contributed by atoms with van der Waals surface area (Å²) in [7, 11) is 0. The molecule has 29 heavy (non-hydrogen) atoms. The Kier molecular flexibility index (Phi) is 5.18. The van der Waals surface area contributed by atoms with Crippen molar-refractivity contribution in [2.24, 2.45) is 0 Å². The number of nitrogen functional groups attached to an aromatic ring is 1. The van der Waals surface area contributed by atoms with Gasteiger partial charge in [-0.25, -0.2) is 9.59 Å². The van der Waals surface area contributed by atoms with Crippen LogP contribution >= 0.6 is 0 Å². The first-order valence-electron chi connectivity index (χ1n) is 8.70. The van der Waals surface area contributed by atoms with E-state index in [1.807, 2.05) is 0 Å². The molecule has 3 N–H and O–H groups in total. The molecule has 1 aliphatic heterocycles. The van der Waals surface area contributed by atoms with Gasteiger partial charge >= 0.3 is 11.9 Å². The molecular weight excluding hydrogens is 382 g/mol. The van der Waals surface area contributed by atoms with Crippen molar-refractivity contribution in [2.75, 3.05) is 18.9 Å². The Balaban J connectivity index is 2.26. The van der Waals surface area contributed by atoms with E-state index in [9.17, 15) is 24.0 Å². The van der Waals surface area contributed by atoms with Crippen LogP contribution in [0.5, 0.6) is 0 Å². The molecule has 150 valence electrons. The van der Waals surface area contributed by atoms with Crippen molar-refractivity contribution in [1.29, 1.82) is 0 Å². The number of benzene rings is 1. The molecule has 1 aliphatic rings. The molecule has 1 aromatic heterocycles. The number of ether oxygens (including phenoxy) is 2. The lowest BCUT2D eigenvalue weighted by Crippen LogP contribution is -2.26. The number of pyridine rings is 1. The summed E-state index contributed by atoms with van der Waals surface area (Å²) in [5.41, 5.74) is 4.90. The molecule has 0 spiro atoms. The van der Waals surface area contributed by atoms with Gasteiger partial charge in [0.05, 0.1) is 41.2 Å². The van der Waals surface area contributed by atoms with E-state index < -0.39 is 29.3 Å². The van der Waals surface area contributed by atoms with Gasteiger partial charge in [-0.05, 0) is 32.0 Å². The Hall–Kier alpha value is -3.95. The summed E-state index contributed by atoms with van der Waals surface area (Å²) in [5, 5.41) is 2.06. The first-order chi connectivity index (χ1) is 13.8. The average Bonchev–Trinajstić information content (AvgIpc) is 2.95. The van der Waals surface area contributed by atoms with Gasteiger partial charge in [-0.1, -0.05) is 0 Å². The molecule has 0 radical (unpaired) electrons. The van der Waals surface area contributed by atoms with Crippen molar-refractivity contribution in [3.05, 3.63) is 56.9 Å². The molecule has 0 bridgehead atoms. The van der Waals surface area contributed by atoms with E-state index >= 15 is 0 Å². The molecule has 10 nitrogen and oxygen atoms in total. The maximum atomic E-state index is 12.7. The van der Waals surface area contributed by atoms with Gasteiger partial charge in [0.1, 0.15) is 5.82 Å². The third-order valence-electron chi connectivity index (χ3n) is 4.20. The van der Waals surface area contributed by atoms with Gasteiger partial charge in [0.15, 0.2) is 0 Å². The number of aromatic nitrogens is 1. The van der Waals surface area contributed by atoms with Crippen LogP contribution in [-0.2, 0) is 9.47 Å². The normalized spacial score (nSPS) is 12.3. The van der Waals surface area contributed by atoms with E-state index in [2.05, 4.69) is 5.32 Å². The highest BCUT2D eigenvalue weighted by Crippen LogP contribution is 2.25. The number of anilines is 1. The van der Waals surface area contributed by atoms with Crippen LogP contribution < -0.4 is 16.6 Å².